The second-order valence-corrected chi connectivity index (χ2v) is 8.96. The molecule has 1 atom stereocenters. The van der Waals surface area contributed by atoms with Crippen molar-refractivity contribution in [3.05, 3.63) is 47.6 Å². The van der Waals surface area contributed by atoms with Crippen LogP contribution in [0.4, 0.5) is 4.79 Å². The summed E-state index contributed by atoms with van der Waals surface area (Å²) < 4.78 is 6.99. The highest BCUT2D eigenvalue weighted by molar-refractivity contribution is 6.02. The molecule has 7 heteroatoms. The van der Waals surface area contributed by atoms with Gasteiger partial charge in [0.25, 0.3) is 0 Å². The molecule has 3 rings (SSSR count). The summed E-state index contributed by atoms with van der Waals surface area (Å²) in [5, 5.41) is 14.5. The number of benzene rings is 1. The minimum absolute atomic E-state index is 0.127. The van der Waals surface area contributed by atoms with Gasteiger partial charge in [-0.3, -0.25) is 4.57 Å². The molecular weight excluding hydrogens is 382 g/mol. The lowest BCUT2D eigenvalue weighted by atomic mass is 9.99. The van der Waals surface area contributed by atoms with Crippen LogP contribution in [0, 0.1) is 5.92 Å². The summed E-state index contributed by atoms with van der Waals surface area (Å²) in [6.07, 6.45) is 2.96. The van der Waals surface area contributed by atoms with Crippen LogP contribution in [0.5, 0.6) is 0 Å². The van der Waals surface area contributed by atoms with Crippen molar-refractivity contribution in [1.82, 2.24) is 9.88 Å². The molecule has 1 unspecified atom stereocenters. The van der Waals surface area contributed by atoms with E-state index in [1.807, 2.05) is 58.9 Å². The second-order valence-electron chi connectivity index (χ2n) is 8.96. The number of rotatable bonds is 5. The molecule has 2 N–H and O–H groups in total. The molecule has 1 aromatic carbocycles. The first-order valence-corrected chi connectivity index (χ1v) is 10.1. The van der Waals surface area contributed by atoms with Crippen LogP contribution in [0.1, 0.15) is 46.6 Å². The quantitative estimate of drug-likeness (QED) is 0.714. The van der Waals surface area contributed by atoms with Crippen LogP contribution in [0.25, 0.3) is 10.9 Å². The van der Waals surface area contributed by atoms with E-state index in [0.717, 1.165) is 17.2 Å². The van der Waals surface area contributed by atoms with E-state index < -0.39 is 17.7 Å². The van der Waals surface area contributed by atoms with Crippen molar-refractivity contribution in [2.75, 3.05) is 0 Å². The normalized spacial score (nSPS) is 17.1. The number of hydrogen-bond acceptors (Lipinski definition) is 6. The molecular formula is C23H29N3O4. The van der Waals surface area contributed by atoms with Crippen LogP contribution >= 0.6 is 0 Å². The standard InChI is InChI=1S/C23H29N3O4/c1-14(2)10-17-19(13-27)24-18(21(28)25-17)11-15-12-26(22(29)30-23(3,4)5)20-9-7-6-8-16(15)20/h6-9,12-14,19,24,28H,10-11H2,1-5H3. The van der Waals surface area contributed by atoms with E-state index in [0.29, 0.717) is 35.7 Å². The summed E-state index contributed by atoms with van der Waals surface area (Å²) in [4.78, 5) is 28.5. The van der Waals surface area contributed by atoms with Crippen LogP contribution in [0.15, 0.2) is 47.0 Å². The van der Waals surface area contributed by atoms with Crippen molar-refractivity contribution < 1.29 is 19.4 Å². The number of fused-ring (bicyclic) bond motifs is 1. The number of aldehydes is 1. The third-order valence-electron chi connectivity index (χ3n) is 4.71. The molecule has 160 valence electrons. The summed E-state index contributed by atoms with van der Waals surface area (Å²) in [7, 11) is 0. The van der Waals surface area contributed by atoms with Gasteiger partial charge in [0, 0.05) is 18.0 Å². The molecule has 1 aliphatic heterocycles. The fourth-order valence-corrected chi connectivity index (χ4v) is 3.49. The van der Waals surface area contributed by atoms with E-state index in [-0.39, 0.29) is 5.88 Å². The molecule has 7 nitrogen and oxygen atoms in total. The smallest absolute Gasteiger partial charge is 0.419 e. The largest absolute Gasteiger partial charge is 0.492 e. The van der Waals surface area contributed by atoms with Gasteiger partial charge >= 0.3 is 6.09 Å². The van der Waals surface area contributed by atoms with E-state index in [4.69, 9.17) is 4.74 Å². The van der Waals surface area contributed by atoms with Gasteiger partial charge in [0.2, 0.25) is 5.88 Å². The molecule has 0 saturated carbocycles. The molecule has 2 heterocycles. The number of carbonyl (C=O) groups excluding carboxylic acids is 2. The average molecular weight is 412 g/mol. The molecule has 1 aromatic heterocycles. The number of aliphatic hydroxyl groups excluding tert-OH is 1. The third-order valence-corrected chi connectivity index (χ3v) is 4.71. The van der Waals surface area contributed by atoms with Crippen LogP contribution in [-0.4, -0.2) is 39.4 Å². The average Bonchev–Trinajstić information content (AvgIpc) is 3.01. The Morgan fingerprint density at radius 2 is 2.03 bits per heavy atom. The van der Waals surface area contributed by atoms with Gasteiger partial charge in [-0.05, 0) is 44.7 Å². The van der Waals surface area contributed by atoms with Crippen molar-refractivity contribution in [3.8, 4) is 0 Å². The van der Waals surface area contributed by atoms with Gasteiger partial charge in [-0.1, -0.05) is 32.0 Å². The number of aromatic nitrogens is 1. The molecule has 0 bridgehead atoms. The lowest BCUT2D eigenvalue weighted by Gasteiger charge is -2.24. The lowest BCUT2D eigenvalue weighted by Crippen LogP contribution is -2.42. The number of ether oxygens (including phenoxy) is 1. The SMILES string of the molecule is CC(C)CC1=NC(O)=C(Cc2cn(C(=O)OC(C)(C)C)c3ccccc23)NC1C=O. The number of para-hydroxylation sites is 1. The van der Waals surface area contributed by atoms with Gasteiger partial charge in [0.15, 0.2) is 0 Å². The van der Waals surface area contributed by atoms with Gasteiger partial charge < -0.3 is 20.0 Å². The Balaban J connectivity index is 1.97. The van der Waals surface area contributed by atoms with E-state index >= 15 is 0 Å². The molecule has 0 amide bonds. The molecule has 0 aliphatic carbocycles. The van der Waals surface area contributed by atoms with Crippen LogP contribution in [-0.2, 0) is 16.0 Å². The zero-order chi connectivity index (χ0) is 22.1. The topological polar surface area (TPSA) is 92.9 Å². The van der Waals surface area contributed by atoms with Gasteiger partial charge in [-0.25, -0.2) is 9.79 Å². The fraction of sp³-hybridized carbons (Fsp3) is 0.435. The number of allylic oxidation sites excluding steroid dienone is 1. The van der Waals surface area contributed by atoms with Gasteiger partial charge in [-0.15, -0.1) is 0 Å². The molecule has 0 saturated heterocycles. The molecule has 2 aromatic rings. The Hall–Kier alpha value is -3.09. The maximum atomic E-state index is 12.7. The van der Waals surface area contributed by atoms with Crippen molar-refractivity contribution in [3.63, 3.8) is 0 Å². The molecule has 0 fully saturated rings. The summed E-state index contributed by atoms with van der Waals surface area (Å²) in [6, 6.07) is 6.93. The van der Waals surface area contributed by atoms with Crippen molar-refractivity contribution in [2.45, 2.75) is 59.1 Å². The monoisotopic (exact) mass is 411 g/mol. The van der Waals surface area contributed by atoms with Gasteiger partial charge in [-0.2, -0.15) is 0 Å². The Bertz CT molecular complexity index is 1020. The number of carbonyl (C=O) groups is 2. The van der Waals surface area contributed by atoms with E-state index in [1.54, 1.807) is 6.20 Å². The highest BCUT2D eigenvalue weighted by Gasteiger charge is 2.26. The van der Waals surface area contributed by atoms with E-state index in [2.05, 4.69) is 10.3 Å². The Kier molecular flexibility index (Phi) is 6.01. The zero-order valence-electron chi connectivity index (χ0n) is 18.1. The number of aliphatic hydroxyl groups is 1. The van der Waals surface area contributed by atoms with Gasteiger partial charge in [0.05, 0.1) is 16.9 Å². The van der Waals surface area contributed by atoms with Gasteiger partial charge in [0.1, 0.15) is 17.9 Å². The number of nitrogens with zero attached hydrogens (tertiary/aromatic N) is 2. The minimum atomic E-state index is -0.618. The minimum Gasteiger partial charge on any atom is -0.492 e. The highest BCUT2D eigenvalue weighted by atomic mass is 16.6. The third kappa shape index (κ3) is 4.72. The predicted octanol–water partition coefficient (Wildman–Crippen LogP) is 4.35. The molecule has 1 aliphatic rings. The molecule has 0 spiro atoms. The van der Waals surface area contributed by atoms with Crippen LogP contribution < -0.4 is 5.32 Å². The first-order chi connectivity index (χ1) is 14.1. The first kappa shape index (κ1) is 21.6. The zero-order valence-corrected chi connectivity index (χ0v) is 18.1. The maximum absolute atomic E-state index is 12.7. The Labute approximate surface area is 176 Å². The first-order valence-electron chi connectivity index (χ1n) is 10.1. The second kappa shape index (κ2) is 8.34. The molecule has 30 heavy (non-hydrogen) atoms. The Morgan fingerprint density at radius 3 is 2.67 bits per heavy atom. The van der Waals surface area contributed by atoms with Crippen LogP contribution in [0.2, 0.25) is 0 Å². The van der Waals surface area contributed by atoms with Crippen LogP contribution in [0.3, 0.4) is 0 Å². The summed E-state index contributed by atoms with van der Waals surface area (Å²) in [5.41, 5.74) is 1.99. The predicted molar refractivity (Wildman–Crippen MR) is 117 cm³/mol. The Morgan fingerprint density at radius 1 is 1.33 bits per heavy atom. The fourth-order valence-electron chi connectivity index (χ4n) is 3.49. The maximum Gasteiger partial charge on any atom is 0.419 e. The number of hydrogen-bond donors (Lipinski definition) is 2. The van der Waals surface area contributed by atoms with E-state index in [1.165, 1.54) is 4.57 Å². The lowest BCUT2D eigenvalue weighted by molar-refractivity contribution is -0.108. The van der Waals surface area contributed by atoms with Crippen molar-refractivity contribution >= 4 is 29.0 Å². The summed E-state index contributed by atoms with van der Waals surface area (Å²) in [6.45, 7) is 9.52. The van der Waals surface area contributed by atoms with E-state index in [9.17, 15) is 14.7 Å². The highest BCUT2D eigenvalue weighted by Crippen LogP contribution is 2.26. The number of aliphatic imine (C=N–C) groups is 1. The molecule has 0 radical (unpaired) electrons. The van der Waals surface area contributed by atoms with Crippen molar-refractivity contribution in [2.24, 2.45) is 10.9 Å². The summed E-state index contributed by atoms with van der Waals surface area (Å²) in [5.74, 6) is 0.187. The van der Waals surface area contributed by atoms with Crippen molar-refractivity contribution in [1.29, 1.82) is 0 Å². The number of nitrogens with one attached hydrogen (secondary N) is 1. The summed E-state index contributed by atoms with van der Waals surface area (Å²) >= 11 is 0.